The van der Waals surface area contributed by atoms with Crippen LogP contribution in [0.3, 0.4) is 0 Å². The van der Waals surface area contributed by atoms with Crippen molar-refractivity contribution in [3.05, 3.63) is 36.2 Å². The Morgan fingerprint density at radius 1 is 1.23 bits per heavy atom. The smallest absolute Gasteiger partial charge is 0.370 e. The molecule has 13 heavy (non-hydrogen) atoms. The van der Waals surface area contributed by atoms with Crippen LogP contribution in [0.15, 0.2) is 34.7 Å². The molecule has 0 saturated carbocycles. The van der Waals surface area contributed by atoms with E-state index in [2.05, 4.69) is 5.10 Å². The molecule has 2 aromatic rings. The van der Waals surface area contributed by atoms with Gasteiger partial charge in [0.25, 0.3) is 5.89 Å². The molecule has 0 bridgehead atoms. The fourth-order valence-corrected chi connectivity index (χ4v) is 1.13. The van der Waals surface area contributed by atoms with Crippen molar-refractivity contribution < 1.29 is 9.10 Å². The van der Waals surface area contributed by atoms with E-state index >= 15 is 0 Å². The standard InChI is InChI=1S/C10H11N2O/c1-8-12(2)11-10(13-8)9-6-4-3-5-7-9/h3-7H,1-2H3/q+1. The summed E-state index contributed by atoms with van der Waals surface area (Å²) in [5.41, 5.74) is 1.01. The van der Waals surface area contributed by atoms with Crippen molar-refractivity contribution in [2.75, 3.05) is 0 Å². The Morgan fingerprint density at radius 3 is 2.46 bits per heavy atom. The van der Waals surface area contributed by atoms with Gasteiger partial charge in [-0.05, 0) is 12.1 Å². The van der Waals surface area contributed by atoms with Gasteiger partial charge in [0.2, 0.25) is 0 Å². The highest BCUT2D eigenvalue weighted by Crippen LogP contribution is 2.15. The van der Waals surface area contributed by atoms with E-state index in [-0.39, 0.29) is 0 Å². The molecule has 0 fully saturated rings. The summed E-state index contributed by atoms with van der Waals surface area (Å²) < 4.78 is 7.18. The van der Waals surface area contributed by atoms with E-state index in [0.29, 0.717) is 5.89 Å². The number of aromatic nitrogens is 2. The van der Waals surface area contributed by atoms with E-state index < -0.39 is 0 Å². The molecule has 0 aliphatic carbocycles. The van der Waals surface area contributed by atoms with Crippen molar-refractivity contribution in [2.24, 2.45) is 7.05 Å². The highest BCUT2D eigenvalue weighted by atomic mass is 16.4. The second-order valence-corrected chi connectivity index (χ2v) is 2.92. The van der Waals surface area contributed by atoms with Crippen molar-refractivity contribution in [1.29, 1.82) is 0 Å². The Labute approximate surface area is 76.6 Å². The summed E-state index contributed by atoms with van der Waals surface area (Å²) in [4.78, 5) is 0. The Kier molecular flexibility index (Phi) is 1.85. The Balaban J connectivity index is 2.48. The quantitative estimate of drug-likeness (QED) is 0.614. The van der Waals surface area contributed by atoms with E-state index in [9.17, 15) is 0 Å². The molecule has 1 heterocycles. The maximum Gasteiger partial charge on any atom is 0.370 e. The summed E-state index contributed by atoms with van der Waals surface area (Å²) >= 11 is 0. The van der Waals surface area contributed by atoms with Gasteiger partial charge in [0.1, 0.15) is 0 Å². The van der Waals surface area contributed by atoms with Gasteiger partial charge in [0, 0.05) is 10.7 Å². The predicted octanol–water partition coefficient (Wildman–Crippen LogP) is 1.47. The minimum atomic E-state index is 0.667. The topological polar surface area (TPSA) is 29.9 Å². The van der Waals surface area contributed by atoms with Crippen molar-refractivity contribution in [1.82, 2.24) is 5.10 Å². The zero-order valence-corrected chi connectivity index (χ0v) is 7.69. The van der Waals surface area contributed by atoms with Crippen LogP contribution in [0.5, 0.6) is 0 Å². The number of hydrogen-bond donors (Lipinski definition) is 0. The molecule has 0 spiro atoms. The van der Waals surface area contributed by atoms with Crippen LogP contribution in [0.4, 0.5) is 0 Å². The molecule has 0 unspecified atom stereocenters. The number of nitrogens with zero attached hydrogens (tertiary/aromatic N) is 2. The van der Waals surface area contributed by atoms with Crippen LogP contribution < -0.4 is 4.68 Å². The van der Waals surface area contributed by atoms with E-state index in [1.54, 1.807) is 4.68 Å². The molecule has 1 aromatic heterocycles. The summed E-state index contributed by atoms with van der Waals surface area (Å²) in [5.74, 6) is 1.47. The molecule has 66 valence electrons. The second kappa shape index (κ2) is 3.01. The monoisotopic (exact) mass is 175 g/mol. The van der Waals surface area contributed by atoms with Crippen molar-refractivity contribution in [2.45, 2.75) is 6.92 Å². The fraction of sp³-hybridized carbons (Fsp3) is 0.200. The van der Waals surface area contributed by atoms with Gasteiger partial charge in [0.05, 0.1) is 6.92 Å². The highest BCUT2D eigenvalue weighted by molar-refractivity contribution is 5.51. The third kappa shape index (κ3) is 1.45. The van der Waals surface area contributed by atoms with E-state index in [1.165, 1.54) is 0 Å². The third-order valence-corrected chi connectivity index (χ3v) is 1.96. The second-order valence-electron chi connectivity index (χ2n) is 2.92. The first-order chi connectivity index (χ1) is 6.27. The van der Waals surface area contributed by atoms with Gasteiger partial charge in [-0.2, -0.15) is 0 Å². The third-order valence-electron chi connectivity index (χ3n) is 1.96. The van der Waals surface area contributed by atoms with Gasteiger partial charge in [-0.3, -0.25) is 0 Å². The summed E-state index contributed by atoms with van der Waals surface area (Å²) in [7, 11) is 1.87. The summed E-state index contributed by atoms with van der Waals surface area (Å²) in [5, 5.41) is 4.23. The minimum Gasteiger partial charge on any atom is -0.381 e. The van der Waals surface area contributed by atoms with Crippen LogP contribution >= 0.6 is 0 Å². The normalized spacial score (nSPS) is 10.3. The molecule has 0 radical (unpaired) electrons. The minimum absolute atomic E-state index is 0.667. The largest absolute Gasteiger partial charge is 0.381 e. The molecule has 1 aromatic carbocycles. The zero-order valence-electron chi connectivity index (χ0n) is 7.69. The molecular formula is C10H11N2O+. The average Bonchev–Trinajstić information content (AvgIpc) is 2.49. The lowest BCUT2D eigenvalue weighted by molar-refractivity contribution is -0.736. The lowest BCUT2D eigenvalue weighted by Crippen LogP contribution is -2.32. The molecule has 3 heteroatoms. The maximum atomic E-state index is 5.45. The van der Waals surface area contributed by atoms with Gasteiger partial charge in [0.15, 0.2) is 7.05 Å². The fourth-order valence-electron chi connectivity index (χ4n) is 1.13. The Morgan fingerprint density at radius 2 is 1.92 bits per heavy atom. The lowest BCUT2D eigenvalue weighted by atomic mass is 10.2. The molecule has 2 rings (SSSR count). The first-order valence-electron chi connectivity index (χ1n) is 4.16. The summed E-state index contributed by atoms with van der Waals surface area (Å²) in [6.45, 7) is 1.89. The predicted molar refractivity (Wildman–Crippen MR) is 47.9 cm³/mol. The van der Waals surface area contributed by atoms with Gasteiger partial charge in [-0.25, -0.2) is 0 Å². The van der Waals surface area contributed by atoms with Crippen LogP contribution in [-0.4, -0.2) is 5.10 Å². The molecule has 0 aliphatic rings. The molecule has 0 aliphatic heterocycles. The van der Waals surface area contributed by atoms with Crippen molar-refractivity contribution in [3.8, 4) is 11.5 Å². The SMILES string of the molecule is Cc1oc(-c2ccccc2)n[n+]1C. The first kappa shape index (κ1) is 7.98. The summed E-state index contributed by atoms with van der Waals surface area (Å²) in [6.07, 6.45) is 0. The molecule has 0 saturated heterocycles. The van der Waals surface area contributed by atoms with Gasteiger partial charge in [-0.15, -0.1) is 0 Å². The Hall–Kier alpha value is -1.64. The van der Waals surface area contributed by atoms with Crippen molar-refractivity contribution >= 4 is 0 Å². The van der Waals surface area contributed by atoms with Crippen LogP contribution in [0.1, 0.15) is 5.89 Å². The van der Waals surface area contributed by atoms with Crippen LogP contribution in [0, 0.1) is 6.92 Å². The molecule has 3 nitrogen and oxygen atoms in total. The molecule has 0 N–H and O–H groups in total. The number of aryl methyl sites for hydroxylation is 2. The van der Waals surface area contributed by atoms with Crippen LogP contribution in [0.25, 0.3) is 11.5 Å². The van der Waals surface area contributed by atoms with E-state index in [0.717, 1.165) is 11.5 Å². The van der Waals surface area contributed by atoms with Crippen molar-refractivity contribution in [3.63, 3.8) is 0 Å². The zero-order chi connectivity index (χ0) is 9.26. The van der Waals surface area contributed by atoms with Crippen LogP contribution in [-0.2, 0) is 7.05 Å². The lowest BCUT2D eigenvalue weighted by Gasteiger charge is -1.88. The van der Waals surface area contributed by atoms with Gasteiger partial charge in [-0.1, -0.05) is 22.9 Å². The Bertz CT molecular complexity index is 387. The maximum absolute atomic E-state index is 5.45. The number of benzene rings is 1. The van der Waals surface area contributed by atoms with Gasteiger partial charge >= 0.3 is 5.89 Å². The number of hydrogen-bond acceptors (Lipinski definition) is 2. The van der Waals surface area contributed by atoms with Crippen LogP contribution in [0.2, 0.25) is 0 Å². The van der Waals surface area contributed by atoms with E-state index in [1.807, 2.05) is 44.3 Å². The molecule has 0 amide bonds. The average molecular weight is 175 g/mol. The summed E-state index contributed by atoms with van der Waals surface area (Å²) in [6, 6.07) is 9.86. The first-order valence-corrected chi connectivity index (χ1v) is 4.16. The van der Waals surface area contributed by atoms with E-state index in [4.69, 9.17) is 4.42 Å². The van der Waals surface area contributed by atoms with Gasteiger partial charge < -0.3 is 4.42 Å². The molecule has 0 atom stereocenters. The number of rotatable bonds is 1. The highest BCUT2D eigenvalue weighted by Gasteiger charge is 2.13. The molecular weight excluding hydrogens is 164 g/mol.